The van der Waals surface area contributed by atoms with Crippen molar-refractivity contribution in [3.05, 3.63) is 59.9 Å². The molecule has 1 unspecified atom stereocenters. The predicted molar refractivity (Wildman–Crippen MR) is 112 cm³/mol. The zero-order valence-electron chi connectivity index (χ0n) is 16.0. The van der Waals surface area contributed by atoms with E-state index in [0.717, 1.165) is 18.7 Å². The normalized spacial score (nSPS) is 16.1. The average Bonchev–Trinajstić information content (AvgIpc) is 3.18. The summed E-state index contributed by atoms with van der Waals surface area (Å²) >= 11 is 1.53. The third-order valence-electron chi connectivity index (χ3n) is 4.65. The summed E-state index contributed by atoms with van der Waals surface area (Å²) in [6.07, 6.45) is 1.05. The zero-order chi connectivity index (χ0) is 20.1. The molecule has 1 aliphatic heterocycles. The Bertz CT molecular complexity index is 844. The number of thioether (sulfide) groups is 1. The molecule has 0 bridgehead atoms. The summed E-state index contributed by atoms with van der Waals surface area (Å²) in [6, 6.07) is 12.6. The molecule has 1 heterocycles. The van der Waals surface area contributed by atoms with Crippen LogP contribution in [0, 0.1) is 5.82 Å². The third kappa shape index (κ3) is 4.65. The van der Waals surface area contributed by atoms with E-state index in [1.807, 2.05) is 19.2 Å². The lowest BCUT2D eigenvalue weighted by atomic mass is 10.1. The van der Waals surface area contributed by atoms with Crippen molar-refractivity contribution in [2.24, 2.45) is 0 Å². The van der Waals surface area contributed by atoms with Crippen LogP contribution in [0.15, 0.2) is 48.5 Å². The Morgan fingerprint density at radius 2 is 2.00 bits per heavy atom. The fourth-order valence-corrected chi connectivity index (χ4v) is 4.29. The number of carbonyl (C=O) groups excluding carboxylic acids is 2. The molecule has 1 saturated heterocycles. The van der Waals surface area contributed by atoms with E-state index in [1.54, 1.807) is 23.1 Å². The van der Waals surface area contributed by atoms with Crippen LogP contribution in [0.5, 0.6) is 0 Å². The van der Waals surface area contributed by atoms with Gasteiger partial charge >= 0.3 is 0 Å². The van der Waals surface area contributed by atoms with Crippen LogP contribution in [-0.2, 0) is 4.79 Å². The van der Waals surface area contributed by atoms with Gasteiger partial charge in [0.05, 0.1) is 5.88 Å². The maximum absolute atomic E-state index is 13.3. The van der Waals surface area contributed by atoms with Crippen LogP contribution >= 0.6 is 11.8 Å². The molecule has 1 fully saturated rings. The summed E-state index contributed by atoms with van der Waals surface area (Å²) in [6.45, 7) is 3.06. The maximum Gasteiger partial charge on any atom is 0.255 e. The molecule has 3 rings (SSSR count). The number of carbonyl (C=O) groups is 2. The molecule has 148 valence electrons. The van der Waals surface area contributed by atoms with Crippen LogP contribution in [0.25, 0.3) is 0 Å². The largest absolute Gasteiger partial charge is 0.375 e. The van der Waals surface area contributed by atoms with Crippen molar-refractivity contribution in [2.75, 3.05) is 35.4 Å². The quantitative estimate of drug-likeness (QED) is 0.799. The monoisotopic (exact) mass is 401 g/mol. The van der Waals surface area contributed by atoms with E-state index in [4.69, 9.17) is 0 Å². The molecule has 0 saturated carbocycles. The smallest absolute Gasteiger partial charge is 0.255 e. The number of benzene rings is 2. The summed E-state index contributed by atoms with van der Waals surface area (Å²) in [4.78, 5) is 29.3. The average molecular weight is 402 g/mol. The first-order chi connectivity index (χ1) is 13.5. The minimum atomic E-state index is -0.580. The van der Waals surface area contributed by atoms with Crippen molar-refractivity contribution in [3.63, 3.8) is 0 Å². The minimum absolute atomic E-state index is 0.172. The topological polar surface area (TPSA) is 52.7 Å². The Kier molecular flexibility index (Phi) is 6.57. The molecule has 0 aromatic heterocycles. The lowest BCUT2D eigenvalue weighted by Crippen LogP contribution is -2.44. The third-order valence-corrected chi connectivity index (χ3v) is 5.66. The standard InChI is InChI=1S/C21H24FN3O2S/c1-3-11-24(2)18-9-7-15(8-10-18)21(27)25-14-28-13-19(25)20(26)23-17-6-4-5-16(22)12-17/h4-10,12,19H,3,11,13-14H2,1-2H3,(H,23,26). The van der Waals surface area contributed by atoms with Crippen molar-refractivity contribution in [1.82, 2.24) is 4.90 Å². The summed E-state index contributed by atoms with van der Waals surface area (Å²) in [5, 5.41) is 2.71. The highest BCUT2D eigenvalue weighted by Gasteiger charge is 2.35. The van der Waals surface area contributed by atoms with Gasteiger partial charge in [-0.05, 0) is 48.9 Å². The predicted octanol–water partition coefficient (Wildman–Crippen LogP) is 3.83. The van der Waals surface area contributed by atoms with Gasteiger partial charge in [-0.3, -0.25) is 9.59 Å². The number of halogens is 1. The van der Waals surface area contributed by atoms with Gasteiger partial charge in [0.25, 0.3) is 5.91 Å². The molecule has 0 radical (unpaired) electrons. The second kappa shape index (κ2) is 9.10. The van der Waals surface area contributed by atoms with E-state index in [-0.39, 0.29) is 11.8 Å². The number of hydrogen-bond acceptors (Lipinski definition) is 4. The molecule has 28 heavy (non-hydrogen) atoms. The van der Waals surface area contributed by atoms with E-state index >= 15 is 0 Å². The molecule has 0 aliphatic carbocycles. The van der Waals surface area contributed by atoms with Crippen LogP contribution in [0.4, 0.5) is 15.8 Å². The molecule has 1 aliphatic rings. The van der Waals surface area contributed by atoms with Crippen molar-refractivity contribution in [2.45, 2.75) is 19.4 Å². The van der Waals surface area contributed by atoms with Gasteiger partial charge in [0, 0.05) is 36.3 Å². The molecule has 2 amide bonds. The second-order valence-corrected chi connectivity index (χ2v) is 7.76. The molecule has 7 heteroatoms. The van der Waals surface area contributed by atoms with Gasteiger partial charge in [-0.1, -0.05) is 13.0 Å². The van der Waals surface area contributed by atoms with Crippen LogP contribution in [0.1, 0.15) is 23.7 Å². The first-order valence-corrected chi connectivity index (χ1v) is 10.4. The van der Waals surface area contributed by atoms with Crippen LogP contribution < -0.4 is 10.2 Å². The first-order valence-electron chi connectivity index (χ1n) is 9.26. The summed E-state index contributed by atoms with van der Waals surface area (Å²) in [7, 11) is 2.02. The van der Waals surface area contributed by atoms with E-state index < -0.39 is 11.9 Å². The number of nitrogens with zero attached hydrogens (tertiary/aromatic N) is 2. The van der Waals surface area contributed by atoms with Gasteiger partial charge in [0.2, 0.25) is 5.91 Å². The van der Waals surface area contributed by atoms with Crippen LogP contribution in [0.2, 0.25) is 0 Å². The number of anilines is 2. The van der Waals surface area contributed by atoms with Crippen molar-refractivity contribution in [1.29, 1.82) is 0 Å². The van der Waals surface area contributed by atoms with Gasteiger partial charge in [-0.2, -0.15) is 0 Å². The van der Waals surface area contributed by atoms with Crippen LogP contribution in [0.3, 0.4) is 0 Å². The lowest BCUT2D eigenvalue weighted by Gasteiger charge is -2.24. The second-order valence-electron chi connectivity index (χ2n) is 6.76. The fraction of sp³-hybridized carbons (Fsp3) is 0.333. The zero-order valence-corrected chi connectivity index (χ0v) is 16.8. The number of hydrogen-bond donors (Lipinski definition) is 1. The lowest BCUT2D eigenvalue weighted by molar-refractivity contribution is -0.119. The Hall–Kier alpha value is -2.54. The molecule has 2 aromatic rings. The molecular formula is C21H24FN3O2S. The molecule has 5 nitrogen and oxygen atoms in total. The van der Waals surface area contributed by atoms with Gasteiger partial charge in [0.15, 0.2) is 0 Å². The SMILES string of the molecule is CCCN(C)c1ccc(C(=O)N2CSCC2C(=O)Nc2cccc(F)c2)cc1. The summed E-state index contributed by atoms with van der Waals surface area (Å²) < 4.78 is 13.3. The van der Waals surface area contributed by atoms with Gasteiger partial charge in [-0.15, -0.1) is 11.8 Å². The highest BCUT2D eigenvalue weighted by molar-refractivity contribution is 7.99. The number of amides is 2. The van der Waals surface area contributed by atoms with Gasteiger partial charge in [-0.25, -0.2) is 4.39 Å². The van der Waals surface area contributed by atoms with Gasteiger partial charge in [0.1, 0.15) is 11.9 Å². The molecule has 0 spiro atoms. The molecular weight excluding hydrogens is 377 g/mol. The highest BCUT2D eigenvalue weighted by atomic mass is 32.2. The maximum atomic E-state index is 13.3. The van der Waals surface area contributed by atoms with Crippen molar-refractivity contribution < 1.29 is 14.0 Å². The summed E-state index contributed by atoms with van der Waals surface area (Å²) in [5.41, 5.74) is 1.99. The molecule has 2 aromatic carbocycles. The molecule has 1 atom stereocenters. The minimum Gasteiger partial charge on any atom is -0.375 e. The van der Waals surface area contributed by atoms with E-state index in [2.05, 4.69) is 17.1 Å². The fourth-order valence-electron chi connectivity index (χ4n) is 3.14. The van der Waals surface area contributed by atoms with E-state index in [1.165, 1.54) is 30.0 Å². The van der Waals surface area contributed by atoms with Crippen LogP contribution in [-0.4, -0.2) is 48.0 Å². The Balaban J connectivity index is 1.69. The van der Waals surface area contributed by atoms with E-state index in [9.17, 15) is 14.0 Å². The number of rotatable bonds is 6. The molecule has 1 N–H and O–H groups in total. The van der Waals surface area contributed by atoms with Crippen molar-refractivity contribution >= 4 is 35.0 Å². The van der Waals surface area contributed by atoms with Crippen molar-refractivity contribution in [3.8, 4) is 0 Å². The Morgan fingerprint density at radius 3 is 2.68 bits per heavy atom. The Labute approximate surface area is 168 Å². The first kappa shape index (κ1) is 20.2. The number of nitrogens with one attached hydrogen (secondary N) is 1. The Morgan fingerprint density at radius 1 is 1.25 bits per heavy atom. The summed E-state index contributed by atoms with van der Waals surface area (Å²) in [5.74, 6) is 0.0823. The van der Waals surface area contributed by atoms with Gasteiger partial charge < -0.3 is 15.1 Å². The van der Waals surface area contributed by atoms with E-state index in [0.29, 0.717) is 22.9 Å². The highest BCUT2D eigenvalue weighted by Crippen LogP contribution is 2.25.